The zero-order valence-electron chi connectivity index (χ0n) is 15.1. The molecular weight excluding hydrogens is 368 g/mol. The number of quaternary nitrogens is 1. The molecule has 1 heterocycles. The largest absolute Gasteiger partial charge is 1.00 e. The summed E-state index contributed by atoms with van der Waals surface area (Å²) in [5.41, 5.74) is 1.09. The van der Waals surface area contributed by atoms with Gasteiger partial charge in [0.15, 0.2) is 0 Å². The van der Waals surface area contributed by atoms with Crippen molar-refractivity contribution < 1.29 is 31.1 Å². The van der Waals surface area contributed by atoms with Crippen LogP contribution in [-0.4, -0.2) is 54.9 Å². The first-order valence-corrected chi connectivity index (χ1v) is 8.73. The zero-order chi connectivity index (χ0) is 16.9. The lowest BCUT2D eigenvalue weighted by Crippen LogP contribution is -3.00. The van der Waals surface area contributed by atoms with Crippen LogP contribution in [0.15, 0.2) is 24.3 Å². The van der Waals surface area contributed by atoms with Gasteiger partial charge in [-0.1, -0.05) is 31.9 Å². The molecule has 1 aromatic carbocycles. The summed E-state index contributed by atoms with van der Waals surface area (Å²) in [6, 6.07) is 7.10. The number of halogens is 1. The summed E-state index contributed by atoms with van der Waals surface area (Å²) in [5, 5.41) is 0. The van der Waals surface area contributed by atoms with Crippen LogP contribution in [0.3, 0.4) is 0 Å². The number of hydrogen-bond acceptors (Lipinski definition) is 2. The first kappa shape index (κ1) is 20.8. The molecule has 0 unspecified atom stereocenters. The molecule has 134 valence electrons. The third-order valence-corrected chi connectivity index (χ3v) is 4.64. The summed E-state index contributed by atoms with van der Waals surface area (Å²) in [6.07, 6.45) is 5.94. The highest BCUT2D eigenvalue weighted by molar-refractivity contribution is 6.21. The van der Waals surface area contributed by atoms with Gasteiger partial charge in [0.25, 0.3) is 11.8 Å². The number of amides is 2. The summed E-state index contributed by atoms with van der Waals surface area (Å²) < 4.78 is 0.951. The Balaban J connectivity index is 0.00000288. The smallest absolute Gasteiger partial charge is 0.261 e. The molecular formula is C19H29BrN2O2. The minimum atomic E-state index is -0.140. The second kappa shape index (κ2) is 9.33. The van der Waals surface area contributed by atoms with E-state index in [9.17, 15) is 9.59 Å². The first-order chi connectivity index (χ1) is 11.0. The van der Waals surface area contributed by atoms with Crippen molar-refractivity contribution in [2.75, 3.05) is 33.7 Å². The molecule has 1 aliphatic heterocycles. The van der Waals surface area contributed by atoms with Gasteiger partial charge < -0.3 is 21.5 Å². The van der Waals surface area contributed by atoms with Gasteiger partial charge in [-0.15, -0.1) is 0 Å². The van der Waals surface area contributed by atoms with Crippen molar-refractivity contribution in [1.82, 2.24) is 4.90 Å². The van der Waals surface area contributed by atoms with E-state index >= 15 is 0 Å². The normalized spacial score (nSPS) is 13.9. The minimum absolute atomic E-state index is 0. The van der Waals surface area contributed by atoms with E-state index in [2.05, 4.69) is 21.0 Å². The number of hydrogen-bond donors (Lipinski definition) is 0. The maximum atomic E-state index is 12.3. The highest BCUT2D eigenvalue weighted by atomic mass is 79.9. The number of rotatable bonds is 9. The van der Waals surface area contributed by atoms with Crippen molar-refractivity contribution in [3.8, 4) is 0 Å². The van der Waals surface area contributed by atoms with E-state index in [0.29, 0.717) is 17.7 Å². The van der Waals surface area contributed by atoms with E-state index in [1.54, 1.807) is 12.1 Å². The molecule has 0 fully saturated rings. The fourth-order valence-corrected chi connectivity index (χ4v) is 3.18. The van der Waals surface area contributed by atoms with Gasteiger partial charge >= 0.3 is 0 Å². The molecule has 4 nitrogen and oxygen atoms in total. The second-order valence-corrected chi connectivity index (χ2v) is 7.10. The molecule has 0 aliphatic carbocycles. The third-order valence-electron chi connectivity index (χ3n) is 4.64. The number of carbonyl (C=O) groups excluding carboxylic acids is 2. The van der Waals surface area contributed by atoms with Crippen molar-refractivity contribution in [2.24, 2.45) is 0 Å². The fraction of sp³-hybridized carbons (Fsp3) is 0.579. The van der Waals surface area contributed by atoms with Gasteiger partial charge in [0, 0.05) is 13.0 Å². The molecule has 0 spiro atoms. The quantitative estimate of drug-likeness (QED) is 0.342. The van der Waals surface area contributed by atoms with E-state index in [4.69, 9.17) is 0 Å². The topological polar surface area (TPSA) is 37.4 Å². The summed E-state index contributed by atoms with van der Waals surface area (Å²) in [7, 11) is 4.46. The zero-order valence-corrected chi connectivity index (χ0v) is 16.6. The van der Waals surface area contributed by atoms with Crippen LogP contribution in [0.5, 0.6) is 0 Å². The first-order valence-electron chi connectivity index (χ1n) is 8.73. The molecule has 1 aromatic rings. The molecule has 0 saturated heterocycles. The Hall–Kier alpha value is -1.20. The Morgan fingerprint density at radius 3 is 1.96 bits per heavy atom. The van der Waals surface area contributed by atoms with Crippen molar-refractivity contribution in [1.29, 1.82) is 0 Å². The third kappa shape index (κ3) is 5.15. The summed E-state index contributed by atoms with van der Waals surface area (Å²) >= 11 is 0. The molecule has 1 aliphatic rings. The maximum absolute atomic E-state index is 12.3. The highest BCUT2D eigenvalue weighted by Crippen LogP contribution is 2.22. The summed E-state index contributed by atoms with van der Waals surface area (Å²) in [5.74, 6) is -0.280. The van der Waals surface area contributed by atoms with E-state index in [-0.39, 0.29) is 28.8 Å². The van der Waals surface area contributed by atoms with Gasteiger partial charge in [-0.3, -0.25) is 14.5 Å². The van der Waals surface area contributed by atoms with Crippen LogP contribution in [0.4, 0.5) is 0 Å². The van der Waals surface area contributed by atoms with E-state index in [1.807, 2.05) is 12.1 Å². The number of carbonyl (C=O) groups is 2. The van der Waals surface area contributed by atoms with Gasteiger partial charge in [-0.05, 0) is 25.0 Å². The highest BCUT2D eigenvalue weighted by Gasteiger charge is 2.34. The summed E-state index contributed by atoms with van der Waals surface area (Å²) in [4.78, 5) is 26.0. The van der Waals surface area contributed by atoms with Crippen molar-refractivity contribution in [3.05, 3.63) is 35.4 Å². The number of imide groups is 1. The maximum Gasteiger partial charge on any atom is 0.261 e. The predicted molar refractivity (Wildman–Crippen MR) is 92.4 cm³/mol. The van der Waals surface area contributed by atoms with Crippen LogP contribution in [0.25, 0.3) is 0 Å². The van der Waals surface area contributed by atoms with E-state index < -0.39 is 0 Å². The van der Waals surface area contributed by atoms with E-state index in [0.717, 1.165) is 24.0 Å². The standard InChI is InChI=1S/C19H29N2O2.BrH/c1-4-5-6-9-14-21(2,3)15-10-13-20-18(22)16-11-7-8-12-17(16)19(20)23;/h7-8,11-12H,4-6,9-10,13-15H2,1-3H3;1H/q+1;/p-1. The summed E-state index contributed by atoms with van der Waals surface area (Å²) in [6.45, 7) is 4.88. The lowest BCUT2D eigenvalue weighted by molar-refractivity contribution is -0.890. The van der Waals surface area contributed by atoms with Gasteiger partial charge in [0.1, 0.15) is 0 Å². The van der Waals surface area contributed by atoms with Crippen molar-refractivity contribution in [2.45, 2.75) is 39.0 Å². The Morgan fingerprint density at radius 2 is 1.42 bits per heavy atom. The molecule has 0 radical (unpaired) electrons. The van der Waals surface area contributed by atoms with Gasteiger partial charge in [0.05, 0.1) is 38.3 Å². The van der Waals surface area contributed by atoms with Crippen molar-refractivity contribution >= 4 is 11.8 Å². The molecule has 0 N–H and O–H groups in total. The number of unbranched alkanes of at least 4 members (excludes halogenated alkanes) is 3. The molecule has 0 bridgehead atoms. The van der Waals surface area contributed by atoms with Gasteiger partial charge in [-0.2, -0.15) is 0 Å². The van der Waals surface area contributed by atoms with Gasteiger partial charge in [0.2, 0.25) is 0 Å². The van der Waals surface area contributed by atoms with Crippen LogP contribution in [-0.2, 0) is 0 Å². The second-order valence-electron chi connectivity index (χ2n) is 7.10. The lowest BCUT2D eigenvalue weighted by atomic mass is 10.1. The average molecular weight is 397 g/mol. The fourth-order valence-electron chi connectivity index (χ4n) is 3.18. The average Bonchev–Trinajstić information content (AvgIpc) is 2.77. The molecule has 0 aromatic heterocycles. The van der Waals surface area contributed by atoms with Crippen LogP contribution in [0, 0.1) is 0 Å². The molecule has 5 heteroatoms. The van der Waals surface area contributed by atoms with Gasteiger partial charge in [-0.25, -0.2) is 0 Å². The Bertz CT molecular complexity index is 537. The Labute approximate surface area is 156 Å². The molecule has 0 atom stereocenters. The minimum Gasteiger partial charge on any atom is -1.00 e. The molecule has 24 heavy (non-hydrogen) atoms. The van der Waals surface area contributed by atoms with Crippen molar-refractivity contribution in [3.63, 3.8) is 0 Å². The Kier molecular flexibility index (Phi) is 8.10. The number of nitrogens with zero attached hydrogens (tertiary/aromatic N) is 2. The van der Waals surface area contributed by atoms with Crippen LogP contribution in [0.1, 0.15) is 59.7 Å². The van der Waals surface area contributed by atoms with Crippen LogP contribution < -0.4 is 17.0 Å². The lowest BCUT2D eigenvalue weighted by Gasteiger charge is -2.30. The predicted octanol–water partition coefficient (Wildman–Crippen LogP) is 0.333. The molecule has 2 amide bonds. The van der Waals surface area contributed by atoms with Crippen LogP contribution in [0.2, 0.25) is 0 Å². The van der Waals surface area contributed by atoms with E-state index in [1.165, 1.54) is 30.6 Å². The SMILES string of the molecule is CCCCCC[N+](C)(C)CCCN1C(=O)c2ccccc2C1=O.[Br-]. The Morgan fingerprint density at radius 1 is 0.875 bits per heavy atom. The number of fused-ring (bicyclic) bond motifs is 1. The number of benzene rings is 1. The molecule has 0 saturated carbocycles. The molecule has 2 rings (SSSR count). The van der Waals surface area contributed by atoms with Crippen LogP contribution >= 0.6 is 0 Å². The monoisotopic (exact) mass is 396 g/mol.